The van der Waals surface area contributed by atoms with E-state index in [-0.39, 0.29) is 5.91 Å². The second-order valence-corrected chi connectivity index (χ2v) is 5.91. The predicted molar refractivity (Wildman–Crippen MR) is 81.6 cm³/mol. The molecule has 1 fully saturated rings. The van der Waals surface area contributed by atoms with Gasteiger partial charge in [-0.1, -0.05) is 28.9 Å². The quantitative estimate of drug-likeness (QED) is 0.834. The lowest BCUT2D eigenvalue weighted by Crippen LogP contribution is -2.50. The summed E-state index contributed by atoms with van der Waals surface area (Å²) < 4.78 is 0. The molecule has 1 aromatic carbocycles. The van der Waals surface area contributed by atoms with E-state index in [0.29, 0.717) is 11.4 Å². The Balaban J connectivity index is 1.60. The van der Waals surface area contributed by atoms with E-state index in [2.05, 4.69) is 17.1 Å². The standard InChI is InChI=1S/C15H18ClN3O2/c1-18-6-8-19(9-7-18)15(20)14-10-13(17-21-14)11-2-4-12(16)5-3-11/h2-5,14H,6-10H2,1H3/t14-/m0/s1. The minimum absolute atomic E-state index is 0.0378. The number of oxime groups is 1. The van der Waals surface area contributed by atoms with E-state index in [0.717, 1.165) is 37.5 Å². The molecule has 2 aliphatic rings. The predicted octanol–water partition coefficient (Wildman–Crippen LogP) is 1.61. The van der Waals surface area contributed by atoms with Crippen molar-refractivity contribution in [2.24, 2.45) is 5.16 Å². The summed E-state index contributed by atoms with van der Waals surface area (Å²) in [5.41, 5.74) is 1.76. The van der Waals surface area contributed by atoms with Crippen molar-refractivity contribution < 1.29 is 9.63 Å². The van der Waals surface area contributed by atoms with Crippen molar-refractivity contribution >= 4 is 23.2 Å². The zero-order valence-electron chi connectivity index (χ0n) is 12.0. The average Bonchev–Trinajstić information content (AvgIpc) is 2.98. The Bertz CT molecular complexity index is 551. The molecular weight excluding hydrogens is 290 g/mol. The molecule has 6 heteroatoms. The largest absolute Gasteiger partial charge is 0.382 e. The van der Waals surface area contributed by atoms with Crippen LogP contribution < -0.4 is 0 Å². The molecule has 0 saturated carbocycles. The van der Waals surface area contributed by atoms with Crippen LogP contribution in [-0.4, -0.2) is 60.7 Å². The number of carbonyl (C=O) groups excluding carboxylic acids is 1. The summed E-state index contributed by atoms with van der Waals surface area (Å²) in [5, 5.41) is 4.75. The van der Waals surface area contributed by atoms with E-state index in [1.54, 1.807) is 0 Å². The second-order valence-electron chi connectivity index (χ2n) is 5.47. The summed E-state index contributed by atoms with van der Waals surface area (Å²) in [7, 11) is 2.07. The number of carbonyl (C=O) groups is 1. The fraction of sp³-hybridized carbons (Fsp3) is 0.467. The lowest BCUT2D eigenvalue weighted by Gasteiger charge is -2.33. The normalized spacial score (nSPS) is 22.9. The highest BCUT2D eigenvalue weighted by molar-refractivity contribution is 6.30. The first-order valence-electron chi connectivity index (χ1n) is 7.09. The number of amides is 1. The van der Waals surface area contributed by atoms with Gasteiger partial charge in [0.1, 0.15) is 0 Å². The highest BCUT2D eigenvalue weighted by Crippen LogP contribution is 2.20. The number of benzene rings is 1. The van der Waals surface area contributed by atoms with Gasteiger partial charge in [0.05, 0.1) is 5.71 Å². The Morgan fingerprint density at radius 2 is 1.90 bits per heavy atom. The molecule has 1 saturated heterocycles. The molecule has 0 radical (unpaired) electrons. The summed E-state index contributed by atoms with van der Waals surface area (Å²) in [6, 6.07) is 7.42. The number of rotatable bonds is 2. The number of hydrogen-bond acceptors (Lipinski definition) is 4. The number of halogens is 1. The molecule has 0 aliphatic carbocycles. The number of nitrogens with zero attached hydrogens (tertiary/aromatic N) is 3. The summed E-state index contributed by atoms with van der Waals surface area (Å²) in [4.78, 5) is 21.9. The van der Waals surface area contributed by atoms with Crippen LogP contribution in [0.25, 0.3) is 0 Å². The minimum Gasteiger partial charge on any atom is -0.382 e. The number of likely N-dealkylation sites (N-methyl/N-ethyl adjacent to an activating group) is 1. The van der Waals surface area contributed by atoms with Gasteiger partial charge in [0.15, 0.2) is 0 Å². The Morgan fingerprint density at radius 1 is 1.24 bits per heavy atom. The van der Waals surface area contributed by atoms with Gasteiger partial charge in [-0.05, 0) is 24.7 Å². The van der Waals surface area contributed by atoms with Crippen LogP contribution in [0.2, 0.25) is 5.02 Å². The summed E-state index contributed by atoms with van der Waals surface area (Å²) in [5.74, 6) is 0.0378. The summed E-state index contributed by atoms with van der Waals surface area (Å²) in [6.45, 7) is 3.32. The highest BCUT2D eigenvalue weighted by Gasteiger charge is 2.33. The third-order valence-electron chi connectivity index (χ3n) is 3.94. The minimum atomic E-state index is -0.487. The molecule has 0 aromatic heterocycles. The number of piperazine rings is 1. The lowest BCUT2D eigenvalue weighted by atomic mass is 10.0. The van der Waals surface area contributed by atoms with Crippen LogP contribution in [0.3, 0.4) is 0 Å². The smallest absolute Gasteiger partial charge is 0.266 e. The van der Waals surface area contributed by atoms with Crippen molar-refractivity contribution in [1.29, 1.82) is 0 Å². The van der Waals surface area contributed by atoms with E-state index in [1.165, 1.54) is 0 Å². The van der Waals surface area contributed by atoms with E-state index in [9.17, 15) is 4.79 Å². The van der Waals surface area contributed by atoms with E-state index >= 15 is 0 Å². The summed E-state index contributed by atoms with van der Waals surface area (Å²) >= 11 is 5.87. The van der Waals surface area contributed by atoms with Gasteiger partial charge in [-0.2, -0.15) is 0 Å². The molecule has 1 amide bonds. The molecule has 112 valence electrons. The molecule has 0 unspecified atom stereocenters. The van der Waals surface area contributed by atoms with E-state index < -0.39 is 6.10 Å². The molecule has 2 aliphatic heterocycles. The average molecular weight is 308 g/mol. The number of hydrogen-bond donors (Lipinski definition) is 0. The highest BCUT2D eigenvalue weighted by atomic mass is 35.5. The second kappa shape index (κ2) is 6.03. The third-order valence-corrected chi connectivity index (χ3v) is 4.19. The maximum Gasteiger partial charge on any atom is 0.266 e. The van der Waals surface area contributed by atoms with Gasteiger partial charge in [0, 0.05) is 37.6 Å². The van der Waals surface area contributed by atoms with Crippen molar-refractivity contribution in [1.82, 2.24) is 9.80 Å². The van der Waals surface area contributed by atoms with Gasteiger partial charge < -0.3 is 14.6 Å². The van der Waals surface area contributed by atoms with Gasteiger partial charge in [0.2, 0.25) is 6.10 Å². The molecular formula is C15H18ClN3O2. The Hall–Kier alpha value is -1.59. The van der Waals surface area contributed by atoms with E-state index in [4.69, 9.17) is 16.4 Å². The van der Waals surface area contributed by atoms with Crippen LogP contribution in [-0.2, 0) is 9.63 Å². The zero-order valence-corrected chi connectivity index (χ0v) is 12.7. The van der Waals surface area contributed by atoms with Gasteiger partial charge >= 0.3 is 0 Å². The first kappa shape index (κ1) is 14.4. The van der Waals surface area contributed by atoms with Crippen molar-refractivity contribution in [2.75, 3.05) is 33.2 Å². The fourth-order valence-electron chi connectivity index (χ4n) is 2.55. The third kappa shape index (κ3) is 3.19. The molecule has 5 nitrogen and oxygen atoms in total. The molecule has 21 heavy (non-hydrogen) atoms. The molecule has 0 N–H and O–H groups in total. The Morgan fingerprint density at radius 3 is 2.57 bits per heavy atom. The molecule has 2 heterocycles. The first-order chi connectivity index (χ1) is 10.1. The van der Waals surface area contributed by atoms with Crippen LogP contribution in [0, 0.1) is 0 Å². The Labute approximate surface area is 129 Å². The maximum atomic E-state index is 12.4. The van der Waals surface area contributed by atoms with Gasteiger partial charge in [-0.15, -0.1) is 0 Å². The topological polar surface area (TPSA) is 45.1 Å². The fourth-order valence-corrected chi connectivity index (χ4v) is 2.68. The van der Waals surface area contributed by atoms with Gasteiger partial charge in [-0.25, -0.2) is 0 Å². The first-order valence-corrected chi connectivity index (χ1v) is 7.47. The van der Waals surface area contributed by atoms with Crippen molar-refractivity contribution in [3.05, 3.63) is 34.9 Å². The van der Waals surface area contributed by atoms with Crippen LogP contribution in [0.4, 0.5) is 0 Å². The zero-order chi connectivity index (χ0) is 14.8. The maximum absolute atomic E-state index is 12.4. The lowest BCUT2D eigenvalue weighted by molar-refractivity contribution is -0.143. The summed E-state index contributed by atoms with van der Waals surface area (Å²) in [6.07, 6.45) is 0.0337. The molecule has 0 spiro atoms. The van der Waals surface area contributed by atoms with Crippen LogP contribution >= 0.6 is 11.6 Å². The van der Waals surface area contributed by atoms with Crippen molar-refractivity contribution in [2.45, 2.75) is 12.5 Å². The van der Waals surface area contributed by atoms with Crippen molar-refractivity contribution in [3.8, 4) is 0 Å². The molecule has 1 atom stereocenters. The van der Waals surface area contributed by atoms with Crippen LogP contribution in [0.1, 0.15) is 12.0 Å². The monoisotopic (exact) mass is 307 g/mol. The van der Waals surface area contributed by atoms with Crippen molar-refractivity contribution in [3.63, 3.8) is 0 Å². The van der Waals surface area contributed by atoms with Gasteiger partial charge in [-0.3, -0.25) is 4.79 Å². The van der Waals surface area contributed by atoms with Crippen LogP contribution in [0.15, 0.2) is 29.4 Å². The van der Waals surface area contributed by atoms with E-state index in [1.807, 2.05) is 29.2 Å². The SMILES string of the molecule is CN1CCN(C(=O)[C@@H]2CC(c3ccc(Cl)cc3)=NO2)CC1. The van der Waals surface area contributed by atoms with Crippen LogP contribution in [0.5, 0.6) is 0 Å². The Kier molecular flexibility index (Phi) is 4.12. The molecule has 0 bridgehead atoms. The molecule has 3 rings (SSSR count). The molecule has 1 aromatic rings. The van der Waals surface area contributed by atoms with Gasteiger partial charge in [0.25, 0.3) is 5.91 Å².